The molecule has 3 rings (SSSR count). The summed E-state index contributed by atoms with van der Waals surface area (Å²) in [5.41, 5.74) is 3.38. The van der Waals surface area contributed by atoms with Crippen LogP contribution in [0.1, 0.15) is 29.7 Å². The van der Waals surface area contributed by atoms with Crippen molar-refractivity contribution in [3.63, 3.8) is 0 Å². The maximum Gasteiger partial charge on any atom is 0.328 e. The van der Waals surface area contributed by atoms with Gasteiger partial charge in [-0.1, -0.05) is 36.4 Å². The Kier molecular flexibility index (Phi) is 6.85. The Hall–Kier alpha value is -2.37. The van der Waals surface area contributed by atoms with Crippen LogP contribution in [0.4, 0.5) is 0 Å². The van der Waals surface area contributed by atoms with Crippen LogP contribution >= 0.6 is 0 Å². The van der Waals surface area contributed by atoms with Crippen LogP contribution in [0.5, 0.6) is 5.75 Å². The second-order valence-electron chi connectivity index (χ2n) is 6.67. The Balaban J connectivity index is 1.87. The predicted octanol–water partition coefficient (Wildman–Crippen LogP) is 2.95. The number of hydrogen-bond donors (Lipinski definition) is 1. The number of esters is 1. The highest BCUT2D eigenvalue weighted by atomic mass is 16.5. The van der Waals surface area contributed by atoms with Gasteiger partial charge >= 0.3 is 5.97 Å². The first-order chi connectivity index (χ1) is 13.2. The van der Waals surface area contributed by atoms with E-state index in [-0.39, 0.29) is 5.97 Å². The molecule has 1 N–H and O–H groups in total. The first-order valence-corrected chi connectivity index (χ1v) is 9.57. The van der Waals surface area contributed by atoms with Crippen LogP contribution in [0.15, 0.2) is 48.5 Å². The molecule has 5 nitrogen and oxygen atoms in total. The molecule has 144 valence electrons. The molecule has 0 amide bonds. The van der Waals surface area contributed by atoms with Crippen molar-refractivity contribution in [2.45, 2.75) is 25.9 Å². The first-order valence-electron chi connectivity index (χ1n) is 9.57. The monoisotopic (exact) mass is 368 g/mol. The van der Waals surface area contributed by atoms with Gasteiger partial charge in [-0.2, -0.15) is 0 Å². The van der Waals surface area contributed by atoms with Crippen molar-refractivity contribution in [2.75, 3.05) is 33.4 Å². The highest BCUT2D eigenvalue weighted by Crippen LogP contribution is 2.34. The molecule has 5 heteroatoms. The lowest BCUT2D eigenvalue weighted by Gasteiger charge is -2.36. The van der Waals surface area contributed by atoms with Crippen molar-refractivity contribution in [1.29, 1.82) is 0 Å². The molecule has 1 aliphatic rings. The first kappa shape index (κ1) is 19.4. The molecule has 2 aromatic rings. The second-order valence-corrected chi connectivity index (χ2v) is 6.67. The van der Waals surface area contributed by atoms with Crippen molar-refractivity contribution >= 4 is 5.97 Å². The third-order valence-corrected chi connectivity index (χ3v) is 4.80. The number of carbonyl (C=O) groups excluding carboxylic acids is 1. The van der Waals surface area contributed by atoms with E-state index in [4.69, 9.17) is 9.47 Å². The lowest BCUT2D eigenvalue weighted by molar-refractivity contribution is -0.150. The fraction of sp³-hybridized carbons (Fsp3) is 0.409. The smallest absolute Gasteiger partial charge is 0.328 e. The van der Waals surface area contributed by atoms with Crippen LogP contribution in [-0.4, -0.2) is 44.2 Å². The summed E-state index contributed by atoms with van der Waals surface area (Å²) < 4.78 is 11.2. The minimum atomic E-state index is -0.401. The van der Waals surface area contributed by atoms with E-state index in [0.29, 0.717) is 19.8 Å². The van der Waals surface area contributed by atoms with Crippen LogP contribution in [0.2, 0.25) is 0 Å². The van der Waals surface area contributed by atoms with Gasteiger partial charge in [-0.3, -0.25) is 4.90 Å². The van der Waals surface area contributed by atoms with Gasteiger partial charge in [-0.15, -0.1) is 0 Å². The van der Waals surface area contributed by atoms with Gasteiger partial charge in [0.2, 0.25) is 0 Å². The van der Waals surface area contributed by atoms with E-state index < -0.39 is 6.04 Å². The molecule has 0 radical (unpaired) electrons. The molecular formula is C22H28N2O3. The zero-order valence-electron chi connectivity index (χ0n) is 16.1. The zero-order chi connectivity index (χ0) is 19.1. The second kappa shape index (κ2) is 9.53. The number of fused-ring (bicyclic) bond motifs is 1. The molecule has 1 heterocycles. The fourth-order valence-corrected chi connectivity index (χ4v) is 3.49. The number of rotatable bonds is 8. The molecule has 0 spiro atoms. The predicted molar refractivity (Wildman–Crippen MR) is 106 cm³/mol. The summed E-state index contributed by atoms with van der Waals surface area (Å²) in [4.78, 5) is 15.0. The molecule has 0 saturated heterocycles. The molecule has 2 aromatic carbocycles. The number of ether oxygens (including phenoxy) is 2. The fourth-order valence-electron chi connectivity index (χ4n) is 3.49. The van der Waals surface area contributed by atoms with Gasteiger partial charge in [-0.25, -0.2) is 4.79 Å². The zero-order valence-corrected chi connectivity index (χ0v) is 16.1. The summed E-state index contributed by atoms with van der Waals surface area (Å²) in [7, 11) is 1.90. The Morgan fingerprint density at radius 3 is 2.78 bits per heavy atom. The molecule has 0 aromatic heterocycles. The summed E-state index contributed by atoms with van der Waals surface area (Å²) in [5.74, 6) is 0.599. The van der Waals surface area contributed by atoms with Crippen LogP contribution in [-0.2, 0) is 22.5 Å². The van der Waals surface area contributed by atoms with Gasteiger partial charge in [0.1, 0.15) is 18.4 Å². The van der Waals surface area contributed by atoms with Crippen LogP contribution in [0.3, 0.4) is 0 Å². The van der Waals surface area contributed by atoms with Crippen LogP contribution < -0.4 is 10.1 Å². The Morgan fingerprint density at radius 1 is 1.22 bits per heavy atom. The summed E-state index contributed by atoms with van der Waals surface area (Å²) >= 11 is 0. The van der Waals surface area contributed by atoms with E-state index in [1.54, 1.807) is 0 Å². The van der Waals surface area contributed by atoms with E-state index in [9.17, 15) is 4.79 Å². The van der Waals surface area contributed by atoms with Gasteiger partial charge in [0, 0.05) is 19.6 Å². The third-order valence-electron chi connectivity index (χ3n) is 4.80. The van der Waals surface area contributed by atoms with Crippen molar-refractivity contribution in [3.8, 4) is 5.75 Å². The number of nitrogens with one attached hydrogen (secondary N) is 1. The van der Waals surface area contributed by atoms with E-state index >= 15 is 0 Å². The Morgan fingerprint density at radius 2 is 2.04 bits per heavy atom. The van der Waals surface area contributed by atoms with E-state index in [1.165, 1.54) is 11.1 Å². The maximum atomic E-state index is 12.8. The van der Waals surface area contributed by atoms with E-state index in [2.05, 4.69) is 28.4 Å². The van der Waals surface area contributed by atoms with Gasteiger partial charge in [0.05, 0.1) is 6.61 Å². The topological polar surface area (TPSA) is 50.8 Å². The highest BCUT2D eigenvalue weighted by molar-refractivity contribution is 5.79. The van der Waals surface area contributed by atoms with E-state index in [0.717, 1.165) is 30.8 Å². The minimum Gasteiger partial charge on any atom is -0.492 e. The van der Waals surface area contributed by atoms with Crippen molar-refractivity contribution in [3.05, 3.63) is 65.2 Å². The average Bonchev–Trinajstić information content (AvgIpc) is 2.69. The molecule has 0 saturated carbocycles. The molecule has 27 heavy (non-hydrogen) atoms. The number of likely N-dealkylation sites (N-methyl/N-ethyl adjacent to an activating group) is 1. The minimum absolute atomic E-state index is 0.193. The molecule has 1 atom stereocenters. The number of nitrogens with zero attached hydrogens (tertiary/aromatic N) is 1. The van der Waals surface area contributed by atoms with Crippen molar-refractivity contribution in [1.82, 2.24) is 10.2 Å². The summed E-state index contributed by atoms with van der Waals surface area (Å²) in [6, 6.07) is 15.9. The number of hydrogen-bond acceptors (Lipinski definition) is 5. The third kappa shape index (κ3) is 4.87. The van der Waals surface area contributed by atoms with Crippen molar-refractivity contribution in [2.24, 2.45) is 0 Å². The normalized spacial score (nSPS) is 16.6. The standard InChI is InChI=1S/C22H28N2O3/c1-3-26-22(25)21-20-15-19(27-14-12-23-2)10-9-18(20)11-13-24(21)16-17-7-5-4-6-8-17/h4-10,15,21,23H,3,11-14,16H2,1-2H3. The average molecular weight is 368 g/mol. The summed E-state index contributed by atoms with van der Waals surface area (Å²) in [6.45, 7) is 5.13. The van der Waals surface area contributed by atoms with Crippen LogP contribution in [0.25, 0.3) is 0 Å². The Labute approximate surface area is 161 Å². The summed E-state index contributed by atoms with van der Waals surface area (Å²) in [6.07, 6.45) is 0.912. The number of benzene rings is 2. The SMILES string of the molecule is CCOC(=O)C1c2cc(OCCNC)ccc2CCN1Cc1ccccc1. The lowest BCUT2D eigenvalue weighted by Crippen LogP contribution is -2.40. The van der Waals surface area contributed by atoms with Gasteiger partial charge in [0.25, 0.3) is 0 Å². The number of carbonyl (C=O) groups is 1. The largest absolute Gasteiger partial charge is 0.492 e. The Bertz CT molecular complexity index is 748. The van der Waals surface area contributed by atoms with E-state index in [1.807, 2.05) is 44.3 Å². The molecule has 1 aliphatic heterocycles. The summed E-state index contributed by atoms with van der Waals surface area (Å²) in [5, 5.41) is 3.07. The highest BCUT2D eigenvalue weighted by Gasteiger charge is 2.34. The van der Waals surface area contributed by atoms with Gasteiger partial charge in [-0.05, 0) is 49.2 Å². The van der Waals surface area contributed by atoms with Crippen molar-refractivity contribution < 1.29 is 14.3 Å². The maximum absolute atomic E-state index is 12.8. The van der Waals surface area contributed by atoms with Crippen LogP contribution in [0, 0.1) is 0 Å². The lowest BCUT2D eigenvalue weighted by atomic mass is 9.91. The molecular weight excluding hydrogens is 340 g/mol. The molecule has 0 bridgehead atoms. The molecule has 0 aliphatic carbocycles. The van der Waals surface area contributed by atoms with Gasteiger partial charge < -0.3 is 14.8 Å². The molecule has 1 unspecified atom stereocenters. The quantitative estimate of drug-likeness (QED) is 0.573. The molecule has 0 fully saturated rings. The van der Waals surface area contributed by atoms with Gasteiger partial charge in [0.15, 0.2) is 0 Å².